The van der Waals surface area contributed by atoms with Crippen molar-refractivity contribution in [2.75, 3.05) is 0 Å². The van der Waals surface area contributed by atoms with Gasteiger partial charge in [0.2, 0.25) is 0 Å². The normalized spacial score (nSPS) is 24.6. The van der Waals surface area contributed by atoms with E-state index in [0.717, 1.165) is 24.0 Å². The highest BCUT2D eigenvalue weighted by atomic mass is 16.5. The molecule has 3 rings (SSSR count). The summed E-state index contributed by atoms with van der Waals surface area (Å²) in [6.45, 7) is 4.17. The Bertz CT molecular complexity index is 484. The Morgan fingerprint density at radius 3 is 2.44 bits per heavy atom. The fourth-order valence-corrected chi connectivity index (χ4v) is 3.16. The van der Waals surface area contributed by atoms with Crippen molar-refractivity contribution in [3.8, 4) is 0 Å². The van der Waals surface area contributed by atoms with E-state index in [0.29, 0.717) is 11.5 Å². The highest BCUT2D eigenvalue weighted by molar-refractivity contribution is 5.99. The summed E-state index contributed by atoms with van der Waals surface area (Å²) in [5.41, 5.74) is 2.62. The molecule has 2 nitrogen and oxygen atoms in total. The van der Waals surface area contributed by atoms with Crippen molar-refractivity contribution in [2.45, 2.75) is 38.2 Å². The Morgan fingerprint density at radius 2 is 1.72 bits per heavy atom. The Labute approximate surface area is 108 Å². The lowest BCUT2D eigenvalue weighted by molar-refractivity contribution is 0.0229. The van der Waals surface area contributed by atoms with Crippen LogP contribution in [0, 0.1) is 5.92 Å². The van der Waals surface area contributed by atoms with E-state index in [1.54, 1.807) is 0 Å². The third kappa shape index (κ3) is 1.86. The largest absolute Gasteiger partial charge is 0.454 e. The molecule has 1 fully saturated rings. The first kappa shape index (κ1) is 11.5. The smallest absolute Gasteiger partial charge is 0.339 e. The molecule has 1 saturated carbocycles. The maximum atomic E-state index is 12.0. The molecule has 0 saturated heterocycles. The Hall–Kier alpha value is -1.57. The highest BCUT2D eigenvalue weighted by Gasteiger charge is 2.35. The average Bonchev–Trinajstić information content (AvgIpc) is 2.44. The molecular weight excluding hydrogens is 224 g/mol. The number of carbonyl (C=O) groups excluding carboxylic acids is 1. The van der Waals surface area contributed by atoms with Crippen molar-refractivity contribution in [3.05, 3.63) is 42.0 Å². The van der Waals surface area contributed by atoms with Crippen molar-refractivity contribution in [1.82, 2.24) is 0 Å². The van der Waals surface area contributed by atoms with E-state index in [2.05, 4.69) is 6.58 Å². The lowest BCUT2D eigenvalue weighted by Gasteiger charge is -2.34. The summed E-state index contributed by atoms with van der Waals surface area (Å²) in [5.74, 6) is 0.275. The van der Waals surface area contributed by atoms with Gasteiger partial charge in [-0.3, -0.25) is 0 Å². The van der Waals surface area contributed by atoms with E-state index in [9.17, 15) is 4.79 Å². The van der Waals surface area contributed by atoms with E-state index in [1.807, 2.05) is 24.3 Å². The fraction of sp³-hybridized carbons (Fsp3) is 0.438. The van der Waals surface area contributed by atoms with Crippen LogP contribution in [0.25, 0.3) is 5.57 Å². The van der Waals surface area contributed by atoms with Crippen LogP contribution in [0.3, 0.4) is 0 Å². The number of rotatable bonds is 1. The van der Waals surface area contributed by atoms with Gasteiger partial charge in [0, 0.05) is 5.92 Å². The van der Waals surface area contributed by atoms with Crippen LogP contribution in [0.1, 0.15) is 48.0 Å². The van der Waals surface area contributed by atoms with Crippen LogP contribution in [-0.4, -0.2) is 12.1 Å². The average molecular weight is 242 g/mol. The van der Waals surface area contributed by atoms with Crippen molar-refractivity contribution < 1.29 is 9.53 Å². The van der Waals surface area contributed by atoms with E-state index < -0.39 is 0 Å². The minimum atomic E-state index is -0.187. The molecule has 1 aromatic rings. The van der Waals surface area contributed by atoms with Gasteiger partial charge in [-0.2, -0.15) is 0 Å². The summed E-state index contributed by atoms with van der Waals surface area (Å²) in [5, 5.41) is 0. The standard InChI is InChI=1S/C16H18O2/c1-11-13-9-5-6-10-14(13)16(17)18-15(11)12-7-3-2-4-8-12/h5-6,9-10,12,15H,1-4,7-8H2. The third-order valence-corrected chi connectivity index (χ3v) is 4.15. The van der Waals surface area contributed by atoms with E-state index in [1.165, 1.54) is 19.3 Å². The Morgan fingerprint density at radius 1 is 1.06 bits per heavy atom. The first-order valence-corrected chi connectivity index (χ1v) is 6.76. The molecule has 1 aromatic carbocycles. The predicted octanol–water partition coefficient (Wildman–Crippen LogP) is 3.82. The number of fused-ring (bicyclic) bond motifs is 1. The van der Waals surface area contributed by atoms with Gasteiger partial charge in [0.25, 0.3) is 0 Å². The van der Waals surface area contributed by atoms with Crippen LogP contribution in [0.2, 0.25) is 0 Å². The Kier molecular flexibility index (Phi) is 2.94. The Balaban J connectivity index is 1.91. The number of esters is 1. The topological polar surface area (TPSA) is 26.3 Å². The number of benzene rings is 1. The second-order valence-electron chi connectivity index (χ2n) is 5.29. The van der Waals surface area contributed by atoms with Crippen molar-refractivity contribution in [1.29, 1.82) is 0 Å². The molecule has 18 heavy (non-hydrogen) atoms. The maximum Gasteiger partial charge on any atom is 0.339 e. The van der Waals surface area contributed by atoms with Crippen molar-refractivity contribution >= 4 is 11.5 Å². The number of hydrogen-bond acceptors (Lipinski definition) is 2. The van der Waals surface area contributed by atoms with Gasteiger partial charge in [-0.1, -0.05) is 44.0 Å². The first-order valence-electron chi connectivity index (χ1n) is 6.76. The van der Waals surface area contributed by atoms with E-state index in [-0.39, 0.29) is 12.1 Å². The summed E-state index contributed by atoms with van der Waals surface area (Å²) < 4.78 is 5.63. The molecule has 0 radical (unpaired) electrons. The van der Waals surface area contributed by atoms with Gasteiger partial charge in [-0.25, -0.2) is 4.79 Å². The van der Waals surface area contributed by atoms with Crippen LogP contribution in [-0.2, 0) is 4.74 Å². The molecule has 1 heterocycles. The van der Waals surface area contributed by atoms with Crippen LogP contribution in [0.15, 0.2) is 30.8 Å². The van der Waals surface area contributed by atoms with Gasteiger partial charge in [0.1, 0.15) is 6.10 Å². The number of carbonyl (C=O) groups is 1. The summed E-state index contributed by atoms with van der Waals surface area (Å²) in [6.07, 6.45) is 5.99. The van der Waals surface area contributed by atoms with Gasteiger partial charge >= 0.3 is 5.97 Å². The molecule has 0 bridgehead atoms. The first-order chi connectivity index (χ1) is 8.77. The fourth-order valence-electron chi connectivity index (χ4n) is 3.16. The van der Waals surface area contributed by atoms with Crippen LogP contribution >= 0.6 is 0 Å². The summed E-state index contributed by atoms with van der Waals surface area (Å²) in [7, 11) is 0. The van der Waals surface area contributed by atoms with Crippen molar-refractivity contribution in [2.24, 2.45) is 5.92 Å². The minimum absolute atomic E-state index is 0.104. The zero-order chi connectivity index (χ0) is 12.5. The molecule has 2 aliphatic rings. The zero-order valence-electron chi connectivity index (χ0n) is 10.5. The van der Waals surface area contributed by atoms with Crippen molar-refractivity contribution in [3.63, 3.8) is 0 Å². The van der Waals surface area contributed by atoms with Gasteiger partial charge in [0.15, 0.2) is 0 Å². The third-order valence-electron chi connectivity index (χ3n) is 4.15. The number of ether oxygens (including phenoxy) is 1. The van der Waals surface area contributed by atoms with Gasteiger partial charge in [-0.15, -0.1) is 0 Å². The second kappa shape index (κ2) is 4.60. The van der Waals surface area contributed by atoms with Gasteiger partial charge < -0.3 is 4.74 Å². The summed E-state index contributed by atoms with van der Waals surface area (Å²) in [6, 6.07) is 7.63. The molecule has 1 atom stereocenters. The summed E-state index contributed by atoms with van der Waals surface area (Å²) in [4.78, 5) is 12.0. The molecule has 1 unspecified atom stereocenters. The lowest BCUT2D eigenvalue weighted by atomic mass is 9.79. The molecule has 1 aliphatic carbocycles. The number of cyclic esters (lactones) is 1. The highest BCUT2D eigenvalue weighted by Crippen LogP contribution is 2.38. The van der Waals surface area contributed by atoms with Crippen LogP contribution < -0.4 is 0 Å². The van der Waals surface area contributed by atoms with Crippen LogP contribution in [0.5, 0.6) is 0 Å². The molecule has 1 aliphatic heterocycles. The summed E-state index contributed by atoms with van der Waals surface area (Å²) >= 11 is 0. The molecule has 0 aromatic heterocycles. The molecule has 0 N–H and O–H groups in total. The van der Waals surface area contributed by atoms with Gasteiger partial charge in [-0.05, 0) is 30.0 Å². The van der Waals surface area contributed by atoms with E-state index in [4.69, 9.17) is 4.74 Å². The molecule has 94 valence electrons. The minimum Gasteiger partial charge on any atom is -0.454 e. The molecule has 0 spiro atoms. The molecule has 2 heteroatoms. The van der Waals surface area contributed by atoms with Gasteiger partial charge in [0.05, 0.1) is 5.56 Å². The second-order valence-corrected chi connectivity index (χ2v) is 5.29. The molecule has 0 amide bonds. The number of hydrogen-bond donors (Lipinski definition) is 0. The zero-order valence-corrected chi connectivity index (χ0v) is 10.5. The maximum absolute atomic E-state index is 12.0. The molecular formula is C16H18O2. The predicted molar refractivity (Wildman–Crippen MR) is 71.3 cm³/mol. The quantitative estimate of drug-likeness (QED) is 0.700. The SMILES string of the molecule is C=C1c2ccccc2C(=O)OC1C1CCCCC1. The monoisotopic (exact) mass is 242 g/mol. The van der Waals surface area contributed by atoms with E-state index >= 15 is 0 Å². The van der Waals surface area contributed by atoms with Crippen LogP contribution in [0.4, 0.5) is 0 Å². The lowest BCUT2D eigenvalue weighted by Crippen LogP contribution is -2.33.